The summed E-state index contributed by atoms with van der Waals surface area (Å²) in [6.07, 6.45) is 0. The molecule has 0 unspecified atom stereocenters. The third-order valence-electron chi connectivity index (χ3n) is 22.9. The second kappa shape index (κ2) is 28.4. The maximum absolute atomic E-state index is 2.41. The normalized spacial score (nSPS) is 11.7. The molecule has 0 saturated heterocycles. The first kappa shape index (κ1) is 68.8. The average Bonchev–Trinajstić information content (AvgIpc) is 1.60. The topological polar surface area (TPSA) is 26.2 Å². The van der Waals surface area contributed by atoms with Crippen LogP contribution in [0.2, 0.25) is 0 Å². The maximum atomic E-state index is 2.41. The highest BCUT2D eigenvalue weighted by Gasteiger charge is 2.23. The molecule has 0 aliphatic carbocycles. The predicted molar refractivity (Wildman–Crippen MR) is 484 cm³/mol. The fourth-order valence-corrected chi connectivity index (χ4v) is 17.2. The molecule has 0 bridgehead atoms. The Morgan fingerprint density at radius 3 is 0.807 bits per heavy atom. The van der Waals surface area contributed by atoms with Gasteiger partial charge < -0.3 is 28.1 Å². The van der Waals surface area contributed by atoms with E-state index in [1.165, 1.54) is 149 Å². The quantitative estimate of drug-likeness (QED) is 0.115. The molecule has 0 aliphatic heterocycles. The van der Waals surface area contributed by atoms with E-state index >= 15 is 0 Å². The molecule has 0 saturated carbocycles. The van der Waals surface area contributed by atoms with E-state index in [0.717, 1.165) is 45.5 Å². The molecule has 0 atom stereocenters. The van der Waals surface area contributed by atoms with Gasteiger partial charge >= 0.3 is 0 Å². The first-order valence-corrected chi connectivity index (χ1v) is 39.4. The van der Waals surface area contributed by atoms with Gasteiger partial charge in [0.05, 0.1) is 44.1 Å². The van der Waals surface area contributed by atoms with E-state index in [9.17, 15) is 0 Å². The highest BCUT2D eigenvalue weighted by molar-refractivity contribution is 6.13. The molecule has 21 rings (SSSR count). The van der Waals surface area contributed by atoms with Crippen molar-refractivity contribution in [2.45, 2.75) is 40.0 Å². The smallest absolute Gasteiger partial charge is 0.0541 e. The lowest BCUT2D eigenvalue weighted by molar-refractivity contribution is 0.591. The summed E-state index contributed by atoms with van der Waals surface area (Å²) in [6, 6.07) is 148. The lowest BCUT2D eigenvalue weighted by Crippen LogP contribution is -2.10. The summed E-state index contributed by atoms with van der Waals surface area (Å²) >= 11 is 0. The van der Waals surface area contributed by atoms with Gasteiger partial charge in [0.15, 0.2) is 0 Å². The minimum Gasteiger partial charge on any atom is -0.311 e. The van der Waals surface area contributed by atoms with Crippen LogP contribution in [0.4, 0.5) is 34.1 Å². The Bertz CT molecular complexity index is 7090. The van der Waals surface area contributed by atoms with Gasteiger partial charge in [-0.1, -0.05) is 244 Å². The van der Waals surface area contributed by atoms with Crippen molar-refractivity contribution in [3.05, 3.63) is 423 Å². The molecule has 0 N–H and O–H groups in total. The van der Waals surface area contributed by atoms with Gasteiger partial charge in [-0.15, -0.1) is 0 Å². The molecule has 0 spiro atoms. The summed E-state index contributed by atoms with van der Waals surface area (Å²) in [6.45, 7) is 11.2. The Kier molecular flexibility index (Phi) is 17.2. The summed E-state index contributed by atoms with van der Waals surface area (Å²) < 4.78 is 9.52. The second-order valence-electron chi connectivity index (χ2n) is 31.1. The molecule has 0 fully saturated rings. The van der Waals surface area contributed by atoms with Crippen LogP contribution in [-0.2, 0) is 5.41 Å². The number of para-hydroxylation sites is 7. The number of aryl methyl sites for hydroxylation is 2. The molecule has 21 aromatic rings. The zero-order valence-corrected chi connectivity index (χ0v) is 64.4. The fraction of sp³-hybridized carbons (Fsp3) is 0.0556. The van der Waals surface area contributed by atoms with Crippen LogP contribution in [-0.4, -0.2) is 18.3 Å². The Hall–Kier alpha value is -14.5. The van der Waals surface area contributed by atoms with Gasteiger partial charge in [-0.3, -0.25) is 0 Å². The van der Waals surface area contributed by atoms with Crippen LogP contribution in [0.3, 0.4) is 0 Å². The lowest BCUT2D eigenvalue weighted by Gasteiger charge is -2.26. The Balaban J connectivity index is 0.000000148. The van der Waals surface area contributed by atoms with Crippen molar-refractivity contribution >= 4 is 121 Å². The van der Waals surface area contributed by atoms with Gasteiger partial charge in [0.25, 0.3) is 0 Å². The van der Waals surface area contributed by atoms with Crippen LogP contribution in [0.5, 0.6) is 0 Å². The molecule has 4 heterocycles. The van der Waals surface area contributed by atoms with Gasteiger partial charge in [-0.25, -0.2) is 0 Å². The van der Waals surface area contributed by atoms with Gasteiger partial charge in [0.2, 0.25) is 0 Å². The minimum atomic E-state index is 0.0744. The third kappa shape index (κ3) is 12.3. The van der Waals surface area contributed by atoms with Crippen LogP contribution in [0.25, 0.3) is 143 Å². The molecular weight excluding hydrogens is 1380 g/mol. The van der Waals surface area contributed by atoms with E-state index in [1.54, 1.807) is 0 Å². The highest BCUT2D eigenvalue weighted by atomic mass is 15.2. The molecule has 0 radical (unpaired) electrons. The van der Waals surface area contributed by atoms with Crippen molar-refractivity contribution in [2.24, 2.45) is 0 Å². The molecular formula is C108H82N6. The van der Waals surface area contributed by atoms with E-state index in [1.807, 2.05) is 0 Å². The largest absolute Gasteiger partial charge is 0.311 e. The zero-order valence-electron chi connectivity index (χ0n) is 64.4. The molecule has 0 aliphatic rings. The van der Waals surface area contributed by atoms with E-state index < -0.39 is 0 Å². The lowest BCUT2D eigenvalue weighted by atomic mass is 9.86. The summed E-state index contributed by atoms with van der Waals surface area (Å²) in [7, 11) is 0. The fourth-order valence-electron chi connectivity index (χ4n) is 17.2. The van der Waals surface area contributed by atoms with Gasteiger partial charge in [0.1, 0.15) is 0 Å². The molecule has 0 amide bonds. The first-order valence-electron chi connectivity index (χ1n) is 39.4. The SMILES string of the molecule is Cc1ccc(-c2ccc(N(c3ccc(-c4ccc5c(c4)c4ccccc4n5-c4ccccc4)cc3)c3ccc(-n4c5ccccc5c5ccccc54)cc3)cc2)cc1.Cc1ccc2c(c1)c1cc(C(C)(C)C)ccc1n2-c1ccc(N(c2ccccc2)c2ccc(-c3ccc4c(c3)c3ccccc3n4-c3ccccc3)cc2)cc1. The molecule has 544 valence electrons. The molecule has 4 aromatic heterocycles. The zero-order chi connectivity index (χ0) is 76.5. The van der Waals surface area contributed by atoms with Crippen molar-refractivity contribution in [3.63, 3.8) is 0 Å². The summed E-state index contributed by atoms with van der Waals surface area (Å²) in [5.74, 6) is 0. The number of aromatic nitrogens is 4. The number of nitrogens with zero attached hydrogens (tertiary/aromatic N) is 6. The summed E-state index contributed by atoms with van der Waals surface area (Å²) in [5, 5.41) is 10.1. The molecule has 6 heteroatoms. The van der Waals surface area contributed by atoms with Gasteiger partial charge in [-0.2, -0.15) is 0 Å². The summed E-state index contributed by atoms with van der Waals surface area (Å²) in [4.78, 5) is 4.70. The number of hydrogen-bond acceptors (Lipinski definition) is 2. The van der Waals surface area contributed by atoms with Gasteiger partial charge in [-0.05, 0) is 252 Å². The van der Waals surface area contributed by atoms with Crippen molar-refractivity contribution < 1.29 is 0 Å². The van der Waals surface area contributed by atoms with E-state index in [4.69, 9.17) is 0 Å². The number of hydrogen-bond donors (Lipinski definition) is 0. The molecule has 6 nitrogen and oxygen atoms in total. The van der Waals surface area contributed by atoms with Crippen molar-refractivity contribution in [2.75, 3.05) is 9.80 Å². The van der Waals surface area contributed by atoms with Crippen LogP contribution < -0.4 is 9.80 Å². The van der Waals surface area contributed by atoms with E-state index in [2.05, 4.69) is 469 Å². The van der Waals surface area contributed by atoms with E-state index in [-0.39, 0.29) is 5.41 Å². The monoisotopic (exact) mass is 1460 g/mol. The Morgan fingerprint density at radius 2 is 0.430 bits per heavy atom. The maximum Gasteiger partial charge on any atom is 0.0541 e. The minimum absolute atomic E-state index is 0.0744. The first-order chi connectivity index (χ1) is 56.0. The second-order valence-corrected chi connectivity index (χ2v) is 31.1. The predicted octanol–water partition coefficient (Wildman–Crippen LogP) is 29.6. The van der Waals surface area contributed by atoms with Gasteiger partial charge in [0, 0.05) is 100.0 Å². The number of anilines is 6. The number of fused-ring (bicyclic) bond motifs is 12. The van der Waals surface area contributed by atoms with Crippen LogP contribution in [0.15, 0.2) is 406 Å². The Labute approximate surface area is 664 Å². The highest BCUT2D eigenvalue weighted by Crippen LogP contribution is 2.44. The van der Waals surface area contributed by atoms with Crippen LogP contribution in [0.1, 0.15) is 37.5 Å². The molecule has 17 aromatic carbocycles. The van der Waals surface area contributed by atoms with Crippen molar-refractivity contribution in [1.29, 1.82) is 0 Å². The van der Waals surface area contributed by atoms with E-state index in [0.29, 0.717) is 0 Å². The standard InChI is InChI=1S/C55H39N3.C53H43N3/c1-38-19-21-39(22-20-38)40-23-28-44(29-24-40)56(46-32-34-47(35-33-46)58-52-16-8-5-13-48(52)49-14-6-9-17-53(49)58)45-30-25-41(26-31-45)42-27-36-55-51(37-42)50-15-7-10-18-54(50)57(55)43-11-3-2-4-12-43;1-36-19-30-50-46(33-36)48-35-39(53(2,3)4)23-32-52(48)56(50)44-28-26-43(27-29-44)54(40-13-7-5-8-14-40)42-24-20-37(21-25-42)38-22-31-51-47(34-38)45-17-11-12-18-49(45)55(51)41-15-9-6-10-16-41/h2-37H,1H3;5-35H,1-4H3. The van der Waals surface area contributed by atoms with Crippen LogP contribution in [0, 0.1) is 13.8 Å². The number of rotatable bonds is 13. The Morgan fingerprint density at radius 1 is 0.184 bits per heavy atom. The summed E-state index contributed by atoms with van der Waals surface area (Å²) in [5.41, 5.74) is 32.1. The number of benzene rings is 17. The van der Waals surface area contributed by atoms with Crippen LogP contribution >= 0.6 is 0 Å². The van der Waals surface area contributed by atoms with Crippen molar-refractivity contribution in [1.82, 2.24) is 18.3 Å². The molecule has 114 heavy (non-hydrogen) atoms. The third-order valence-corrected chi connectivity index (χ3v) is 22.9. The average molecular weight is 1460 g/mol. The van der Waals surface area contributed by atoms with Crippen molar-refractivity contribution in [3.8, 4) is 56.1 Å².